The lowest BCUT2D eigenvalue weighted by Crippen LogP contribution is -2.32. The van der Waals surface area contributed by atoms with Gasteiger partial charge in [-0.3, -0.25) is 0 Å². The summed E-state index contributed by atoms with van der Waals surface area (Å²) >= 11 is 0. The molecular formula is C13H27NO2S. The van der Waals surface area contributed by atoms with Crippen LogP contribution in [0.15, 0.2) is 12.7 Å². The molecule has 102 valence electrons. The highest BCUT2D eigenvalue weighted by Gasteiger charge is 2.22. The zero-order valence-electron chi connectivity index (χ0n) is 11.5. The second-order valence-electron chi connectivity index (χ2n) is 4.94. The number of hydrogen-bond donors (Lipinski definition) is 1. The quantitative estimate of drug-likeness (QED) is 0.485. The molecule has 0 saturated heterocycles. The summed E-state index contributed by atoms with van der Waals surface area (Å²) in [6.45, 7) is 11.7. The lowest BCUT2D eigenvalue weighted by atomic mass is 9.88. The Hall–Kier alpha value is -0.350. The summed E-state index contributed by atoms with van der Waals surface area (Å²) in [5, 5.41) is 3.33. The van der Waals surface area contributed by atoms with Crippen LogP contribution in [0.25, 0.3) is 0 Å². The van der Waals surface area contributed by atoms with E-state index in [1.807, 2.05) is 13.0 Å². The first-order valence-corrected chi connectivity index (χ1v) is 8.26. The predicted octanol–water partition coefficient (Wildman–Crippen LogP) is 2.39. The van der Waals surface area contributed by atoms with Crippen molar-refractivity contribution in [2.45, 2.75) is 40.0 Å². The number of rotatable bonds is 10. The third-order valence-corrected chi connectivity index (χ3v) is 4.80. The van der Waals surface area contributed by atoms with Gasteiger partial charge in [-0.25, -0.2) is 8.42 Å². The minimum Gasteiger partial charge on any atom is -0.316 e. The van der Waals surface area contributed by atoms with Gasteiger partial charge in [0.1, 0.15) is 9.84 Å². The first-order valence-electron chi connectivity index (χ1n) is 6.44. The molecule has 0 aromatic rings. The Balaban J connectivity index is 4.24. The molecule has 0 heterocycles. The van der Waals surface area contributed by atoms with Gasteiger partial charge in [0.15, 0.2) is 0 Å². The van der Waals surface area contributed by atoms with Crippen LogP contribution < -0.4 is 5.32 Å². The van der Waals surface area contributed by atoms with Crippen molar-refractivity contribution in [2.75, 3.05) is 24.6 Å². The highest BCUT2D eigenvalue weighted by atomic mass is 32.2. The first-order chi connectivity index (χ1) is 7.89. The maximum atomic E-state index is 11.7. The minimum absolute atomic E-state index is 0.129. The fourth-order valence-electron chi connectivity index (χ4n) is 1.62. The molecule has 0 fully saturated rings. The molecule has 1 atom stereocenters. The van der Waals surface area contributed by atoms with E-state index in [1.165, 1.54) is 0 Å². The molecule has 3 nitrogen and oxygen atoms in total. The van der Waals surface area contributed by atoms with Gasteiger partial charge >= 0.3 is 0 Å². The molecule has 0 amide bonds. The Kier molecular flexibility index (Phi) is 7.71. The van der Waals surface area contributed by atoms with E-state index in [0.29, 0.717) is 18.6 Å². The second kappa shape index (κ2) is 7.88. The highest BCUT2D eigenvalue weighted by molar-refractivity contribution is 7.91. The first kappa shape index (κ1) is 16.6. The summed E-state index contributed by atoms with van der Waals surface area (Å²) in [6, 6.07) is 0. The minimum atomic E-state index is -2.88. The average molecular weight is 261 g/mol. The van der Waals surface area contributed by atoms with Crippen molar-refractivity contribution in [3.8, 4) is 0 Å². The second-order valence-corrected chi connectivity index (χ2v) is 7.24. The molecule has 0 aromatic carbocycles. The molecule has 0 aliphatic carbocycles. The zero-order chi connectivity index (χ0) is 13.4. The average Bonchev–Trinajstić information content (AvgIpc) is 2.27. The largest absolute Gasteiger partial charge is 0.316 e. The predicted molar refractivity (Wildman–Crippen MR) is 75.0 cm³/mol. The van der Waals surface area contributed by atoms with Crippen molar-refractivity contribution in [3.63, 3.8) is 0 Å². The van der Waals surface area contributed by atoms with Gasteiger partial charge in [-0.2, -0.15) is 0 Å². The van der Waals surface area contributed by atoms with Gasteiger partial charge in [-0.15, -0.1) is 6.58 Å². The standard InChI is InChI=1S/C13H27NO2S/c1-5-9-14-12-13(4,7-3)8-11-17(15,16)10-6-2/h7,14H,3,5-6,8-12H2,1-2,4H3. The van der Waals surface area contributed by atoms with Gasteiger partial charge < -0.3 is 5.32 Å². The van der Waals surface area contributed by atoms with Gasteiger partial charge in [0, 0.05) is 12.3 Å². The third-order valence-electron chi connectivity index (χ3n) is 2.95. The van der Waals surface area contributed by atoms with Gasteiger partial charge in [0.2, 0.25) is 0 Å². The van der Waals surface area contributed by atoms with Gasteiger partial charge in [0.25, 0.3) is 0 Å². The summed E-state index contributed by atoms with van der Waals surface area (Å²) in [5.74, 6) is 0.555. The van der Waals surface area contributed by atoms with E-state index in [4.69, 9.17) is 0 Å². The smallest absolute Gasteiger partial charge is 0.150 e. The number of hydrogen-bond acceptors (Lipinski definition) is 3. The molecule has 1 N–H and O–H groups in total. The number of sulfone groups is 1. The molecule has 0 aliphatic rings. The molecular weight excluding hydrogens is 234 g/mol. The molecule has 1 unspecified atom stereocenters. The summed E-state index contributed by atoms with van der Waals surface area (Å²) in [7, 11) is -2.88. The fraction of sp³-hybridized carbons (Fsp3) is 0.846. The summed E-state index contributed by atoms with van der Waals surface area (Å²) in [4.78, 5) is 0. The SMILES string of the molecule is C=CC(C)(CCS(=O)(=O)CCC)CNCCC. The van der Waals surface area contributed by atoms with Crippen molar-refractivity contribution in [1.29, 1.82) is 0 Å². The van der Waals surface area contributed by atoms with Crippen LogP contribution in [0, 0.1) is 5.41 Å². The van der Waals surface area contributed by atoms with Crippen molar-refractivity contribution in [2.24, 2.45) is 5.41 Å². The van der Waals surface area contributed by atoms with Crippen LogP contribution in [-0.2, 0) is 9.84 Å². The van der Waals surface area contributed by atoms with Crippen LogP contribution >= 0.6 is 0 Å². The van der Waals surface area contributed by atoms with Crippen molar-refractivity contribution >= 4 is 9.84 Å². The van der Waals surface area contributed by atoms with Crippen molar-refractivity contribution in [3.05, 3.63) is 12.7 Å². The van der Waals surface area contributed by atoms with Crippen LogP contribution in [0.2, 0.25) is 0 Å². The fourth-order valence-corrected chi connectivity index (χ4v) is 3.22. The zero-order valence-corrected chi connectivity index (χ0v) is 12.3. The molecule has 0 bridgehead atoms. The molecule has 0 aromatic heterocycles. The maximum absolute atomic E-state index is 11.7. The Morgan fingerprint density at radius 2 is 1.88 bits per heavy atom. The van der Waals surface area contributed by atoms with E-state index in [0.717, 1.165) is 19.5 Å². The van der Waals surface area contributed by atoms with Gasteiger partial charge in [-0.1, -0.05) is 26.8 Å². The van der Waals surface area contributed by atoms with Crippen molar-refractivity contribution in [1.82, 2.24) is 5.32 Å². The molecule has 4 heteroatoms. The van der Waals surface area contributed by atoms with Crippen LogP contribution in [-0.4, -0.2) is 33.0 Å². The summed E-state index contributed by atoms with van der Waals surface area (Å²) < 4.78 is 23.3. The van der Waals surface area contributed by atoms with Gasteiger partial charge in [-0.05, 0) is 31.2 Å². The van der Waals surface area contributed by atoms with Crippen LogP contribution in [0.4, 0.5) is 0 Å². The van der Waals surface area contributed by atoms with E-state index in [2.05, 4.69) is 25.7 Å². The lowest BCUT2D eigenvalue weighted by molar-refractivity contribution is 0.380. The summed E-state index contributed by atoms with van der Waals surface area (Å²) in [5.41, 5.74) is -0.129. The normalized spacial score (nSPS) is 15.5. The van der Waals surface area contributed by atoms with Gasteiger partial charge in [0.05, 0.1) is 5.75 Å². The molecule has 17 heavy (non-hydrogen) atoms. The molecule has 0 saturated carbocycles. The van der Waals surface area contributed by atoms with Crippen LogP contribution in [0.5, 0.6) is 0 Å². The van der Waals surface area contributed by atoms with Crippen molar-refractivity contribution < 1.29 is 8.42 Å². The Morgan fingerprint density at radius 3 is 2.35 bits per heavy atom. The Labute approximate surface area is 107 Å². The molecule has 0 rings (SSSR count). The van der Waals surface area contributed by atoms with Crippen LogP contribution in [0.1, 0.15) is 40.0 Å². The van der Waals surface area contributed by atoms with E-state index >= 15 is 0 Å². The number of nitrogens with one attached hydrogen (secondary N) is 1. The van der Waals surface area contributed by atoms with E-state index < -0.39 is 9.84 Å². The Morgan fingerprint density at radius 1 is 1.24 bits per heavy atom. The Bertz CT molecular complexity index is 311. The molecule has 0 aliphatic heterocycles. The van der Waals surface area contributed by atoms with Crippen LogP contribution in [0.3, 0.4) is 0 Å². The maximum Gasteiger partial charge on any atom is 0.150 e. The highest BCUT2D eigenvalue weighted by Crippen LogP contribution is 2.22. The topological polar surface area (TPSA) is 46.2 Å². The third kappa shape index (κ3) is 7.55. The van der Waals surface area contributed by atoms with E-state index in [-0.39, 0.29) is 11.2 Å². The van der Waals surface area contributed by atoms with E-state index in [9.17, 15) is 8.42 Å². The van der Waals surface area contributed by atoms with E-state index in [1.54, 1.807) is 0 Å². The lowest BCUT2D eigenvalue weighted by Gasteiger charge is -2.26. The monoisotopic (exact) mass is 261 g/mol. The molecule has 0 radical (unpaired) electrons. The molecule has 0 spiro atoms. The summed E-state index contributed by atoms with van der Waals surface area (Å²) in [6.07, 6.45) is 4.30.